The minimum atomic E-state index is -1.59. The number of aliphatic hydroxyl groups is 1. The molecule has 2 aromatic rings. The predicted octanol–water partition coefficient (Wildman–Crippen LogP) is 1.35. The minimum Gasteiger partial charge on any atom is -0.481 e. The first-order valence-electron chi connectivity index (χ1n) is 7.21. The summed E-state index contributed by atoms with van der Waals surface area (Å²) >= 11 is 0. The van der Waals surface area contributed by atoms with Crippen molar-refractivity contribution in [2.24, 2.45) is 4.99 Å². The Balaban J connectivity index is 1.81. The quantitative estimate of drug-likeness (QED) is 0.901. The van der Waals surface area contributed by atoms with Crippen molar-refractivity contribution in [3.05, 3.63) is 42.4 Å². The van der Waals surface area contributed by atoms with Gasteiger partial charge in [0, 0.05) is 25.2 Å². The van der Waals surface area contributed by atoms with E-state index < -0.39 is 5.60 Å². The van der Waals surface area contributed by atoms with E-state index in [9.17, 15) is 9.90 Å². The van der Waals surface area contributed by atoms with Crippen LogP contribution < -0.4 is 9.64 Å². The molecule has 2 aliphatic rings. The van der Waals surface area contributed by atoms with Gasteiger partial charge in [-0.05, 0) is 12.1 Å². The Hall–Kier alpha value is -2.80. The van der Waals surface area contributed by atoms with Crippen molar-refractivity contribution < 1.29 is 14.6 Å². The second kappa shape index (κ2) is 4.85. The van der Waals surface area contributed by atoms with Crippen LogP contribution in [0.25, 0.3) is 0 Å². The molecule has 2 aliphatic heterocycles. The molecule has 0 aromatic carbocycles. The number of carbonyl (C=O) groups is 1. The maximum atomic E-state index is 12.7. The lowest BCUT2D eigenvalue weighted by Crippen LogP contribution is -2.48. The SMILES string of the molecule is COc1ccc(N2CCC3(O)C(=O)c4ccncc4N=C23)cn1. The van der Waals surface area contributed by atoms with Crippen LogP contribution in [0.15, 0.2) is 41.8 Å². The molecule has 7 heteroatoms. The summed E-state index contributed by atoms with van der Waals surface area (Å²) in [4.78, 5) is 27.1. The lowest BCUT2D eigenvalue weighted by molar-refractivity contribution is 0.0602. The van der Waals surface area contributed by atoms with Crippen LogP contribution in [0.4, 0.5) is 11.4 Å². The molecule has 4 heterocycles. The zero-order chi connectivity index (χ0) is 16.0. The number of amidine groups is 1. The van der Waals surface area contributed by atoms with E-state index in [0.717, 1.165) is 5.69 Å². The number of Topliss-reactive ketones (excluding diaryl/α,β-unsaturated/α-hetero) is 1. The van der Waals surface area contributed by atoms with Crippen molar-refractivity contribution in [2.75, 3.05) is 18.6 Å². The van der Waals surface area contributed by atoms with E-state index >= 15 is 0 Å². The Kier molecular flexibility index (Phi) is 2.92. The molecule has 1 N–H and O–H groups in total. The summed E-state index contributed by atoms with van der Waals surface area (Å²) in [7, 11) is 1.55. The Morgan fingerprint density at radius 2 is 2.17 bits per heavy atom. The van der Waals surface area contributed by atoms with Gasteiger partial charge in [0.2, 0.25) is 11.7 Å². The number of aromatic nitrogens is 2. The number of methoxy groups -OCH3 is 1. The van der Waals surface area contributed by atoms with Crippen LogP contribution in [0, 0.1) is 0 Å². The molecule has 0 radical (unpaired) electrons. The molecule has 0 saturated carbocycles. The molecule has 0 spiro atoms. The molecule has 1 unspecified atom stereocenters. The second-order valence-electron chi connectivity index (χ2n) is 5.48. The lowest BCUT2D eigenvalue weighted by atomic mass is 9.88. The topological polar surface area (TPSA) is 87.9 Å². The summed E-state index contributed by atoms with van der Waals surface area (Å²) in [5, 5.41) is 10.9. The van der Waals surface area contributed by atoms with Crippen molar-refractivity contribution in [1.29, 1.82) is 0 Å². The van der Waals surface area contributed by atoms with E-state index in [4.69, 9.17) is 4.74 Å². The number of hydrogen-bond donors (Lipinski definition) is 1. The highest BCUT2D eigenvalue weighted by atomic mass is 16.5. The molecule has 23 heavy (non-hydrogen) atoms. The van der Waals surface area contributed by atoms with Crippen molar-refractivity contribution in [3.8, 4) is 5.88 Å². The number of ether oxygens (including phenoxy) is 1. The number of ketones is 1. The smallest absolute Gasteiger partial charge is 0.213 e. The highest BCUT2D eigenvalue weighted by molar-refractivity contribution is 6.28. The van der Waals surface area contributed by atoms with Gasteiger partial charge >= 0.3 is 0 Å². The molecule has 2 aromatic heterocycles. The van der Waals surface area contributed by atoms with E-state index in [-0.39, 0.29) is 5.78 Å². The summed E-state index contributed by atoms with van der Waals surface area (Å²) < 4.78 is 5.05. The summed E-state index contributed by atoms with van der Waals surface area (Å²) in [6.45, 7) is 0.483. The number of fused-ring (bicyclic) bond motifs is 2. The van der Waals surface area contributed by atoms with Crippen LogP contribution in [-0.4, -0.2) is 45.9 Å². The molecule has 4 rings (SSSR count). The summed E-state index contributed by atoms with van der Waals surface area (Å²) in [6, 6.07) is 5.14. The molecule has 1 atom stereocenters. The first-order valence-corrected chi connectivity index (χ1v) is 7.21. The van der Waals surface area contributed by atoms with Gasteiger partial charge in [-0.2, -0.15) is 0 Å². The first-order chi connectivity index (χ1) is 11.1. The Morgan fingerprint density at radius 1 is 1.30 bits per heavy atom. The number of anilines is 1. The molecule has 7 nitrogen and oxygen atoms in total. The molecular formula is C16H14N4O3. The Labute approximate surface area is 132 Å². The Morgan fingerprint density at radius 3 is 2.91 bits per heavy atom. The molecule has 1 fully saturated rings. The van der Waals surface area contributed by atoms with Gasteiger partial charge in [0.15, 0.2) is 5.60 Å². The predicted molar refractivity (Wildman–Crippen MR) is 83.4 cm³/mol. The maximum Gasteiger partial charge on any atom is 0.213 e. The molecule has 0 aliphatic carbocycles. The number of rotatable bonds is 2. The molecule has 1 saturated heterocycles. The monoisotopic (exact) mass is 310 g/mol. The number of hydrogen-bond acceptors (Lipinski definition) is 7. The van der Waals surface area contributed by atoms with Crippen LogP contribution in [0.1, 0.15) is 16.8 Å². The zero-order valence-electron chi connectivity index (χ0n) is 12.4. The van der Waals surface area contributed by atoms with Gasteiger partial charge in [0.05, 0.1) is 36.4 Å². The molecule has 0 amide bonds. The van der Waals surface area contributed by atoms with Crippen molar-refractivity contribution >= 4 is 23.0 Å². The van der Waals surface area contributed by atoms with Crippen LogP contribution >= 0.6 is 0 Å². The highest BCUT2D eigenvalue weighted by Gasteiger charge is 2.52. The van der Waals surface area contributed by atoms with E-state index in [1.807, 2.05) is 6.07 Å². The average molecular weight is 310 g/mol. The number of carbonyl (C=O) groups excluding carboxylic acids is 1. The standard InChI is InChI=1S/C16H14N4O3/c1-23-13-3-2-10(8-18-13)20-7-5-16(22)14(21)11-4-6-17-9-12(11)19-15(16)20/h2-4,6,8-9,22H,5,7H2,1H3. The fraction of sp³-hybridized carbons (Fsp3) is 0.250. The van der Waals surface area contributed by atoms with Crippen LogP contribution in [0.5, 0.6) is 5.88 Å². The van der Waals surface area contributed by atoms with Crippen LogP contribution in [-0.2, 0) is 0 Å². The first kappa shape index (κ1) is 13.8. The molecule has 116 valence electrons. The zero-order valence-corrected chi connectivity index (χ0v) is 12.4. The third-order valence-electron chi connectivity index (χ3n) is 4.21. The number of pyridine rings is 2. The molecular weight excluding hydrogens is 296 g/mol. The highest BCUT2D eigenvalue weighted by Crippen LogP contribution is 2.38. The fourth-order valence-corrected chi connectivity index (χ4v) is 2.99. The van der Waals surface area contributed by atoms with Gasteiger partial charge < -0.3 is 14.7 Å². The molecule has 0 bridgehead atoms. The largest absolute Gasteiger partial charge is 0.481 e. The van der Waals surface area contributed by atoms with Gasteiger partial charge in [-0.15, -0.1) is 0 Å². The van der Waals surface area contributed by atoms with E-state index in [1.54, 1.807) is 30.3 Å². The van der Waals surface area contributed by atoms with Crippen molar-refractivity contribution in [3.63, 3.8) is 0 Å². The summed E-state index contributed by atoms with van der Waals surface area (Å²) in [5.74, 6) is 0.498. The summed E-state index contributed by atoms with van der Waals surface area (Å²) in [5.41, 5.74) is 0.0426. The van der Waals surface area contributed by atoms with Crippen LogP contribution in [0.2, 0.25) is 0 Å². The minimum absolute atomic E-state index is 0.290. The van der Waals surface area contributed by atoms with Crippen molar-refractivity contribution in [2.45, 2.75) is 12.0 Å². The lowest BCUT2D eigenvalue weighted by Gasteiger charge is -2.29. The van der Waals surface area contributed by atoms with Gasteiger partial charge in [-0.1, -0.05) is 0 Å². The van der Waals surface area contributed by atoms with E-state index in [1.165, 1.54) is 12.4 Å². The number of aliphatic imine (C=N–C) groups is 1. The van der Waals surface area contributed by atoms with Gasteiger partial charge in [-0.3, -0.25) is 9.78 Å². The van der Waals surface area contributed by atoms with Gasteiger partial charge in [0.25, 0.3) is 0 Å². The summed E-state index contributed by atoms with van der Waals surface area (Å²) in [6.07, 6.45) is 4.98. The van der Waals surface area contributed by atoms with Crippen LogP contribution in [0.3, 0.4) is 0 Å². The third-order valence-corrected chi connectivity index (χ3v) is 4.21. The van der Waals surface area contributed by atoms with Gasteiger partial charge in [-0.25, -0.2) is 9.98 Å². The number of nitrogens with zero attached hydrogens (tertiary/aromatic N) is 4. The second-order valence-corrected chi connectivity index (χ2v) is 5.48. The van der Waals surface area contributed by atoms with E-state index in [2.05, 4.69) is 15.0 Å². The van der Waals surface area contributed by atoms with Gasteiger partial charge in [0.1, 0.15) is 5.84 Å². The fourth-order valence-electron chi connectivity index (χ4n) is 2.99. The average Bonchev–Trinajstić information content (AvgIpc) is 2.93. The Bertz CT molecular complexity index is 818. The van der Waals surface area contributed by atoms with E-state index in [0.29, 0.717) is 35.9 Å². The third kappa shape index (κ3) is 1.93. The maximum absolute atomic E-state index is 12.7. The van der Waals surface area contributed by atoms with Crippen molar-refractivity contribution in [1.82, 2.24) is 9.97 Å². The normalized spacial score (nSPS) is 22.4.